The van der Waals surface area contributed by atoms with E-state index in [0.717, 1.165) is 5.75 Å². The molecule has 0 radical (unpaired) electrons. The molecule has 78 valence electrons. The van der Waals surface area contributed by atoms with E-state index in [2.05, 4.69) is 6.58 Å². The Kier molecular flexibility index (Phi) is 2.72. The summed E-state index contributed by atoms with van der Waals surface area (Å²) in [5.41, 5.74) is 0.525. The monoisotopic (exact) mass is 204 g/mol. The summed E-state index contributed by atoms with van der Waals surface area (Å²) >= 11 is 0. The van der Waals surface area contributed by atoms with Gasteiger partial charge in [0.15, 0.2) is 0 Å². The number of cyclic esters (lactones) is 1. The molecule has 0 N–H and O–H groups in total. The molecule has 1 fully saturated rings. The van der Waals surface area contributed by atoms with Gasteiger partial charge < -0.3 is 9.47 Å². The summed E-state index contributed by atoms with van der Waals surface area (Å²) in [4.78, 5) is 11.0. The Morgan fingerprint density at radius 1 is 1.40 bits per heavy atom. The van der Waals surface area contributed by atoms with Crippen molar-refractivity contribution in [3.63, 3.8) is 0 Å². The number of carbonyl (C=O) groups is 1. The van der Waals surface area contributed by atoms with Gasteiger partial charge in [-0.3, -0.25) is 0 Å². The molecule has 1 saturated heterocycles. The number of carbonyl (C=O) groups excluding carboxylic acids is 1. The molecule has 3 nitrogen and oxygen atoms in total. The maximum absolute atomic E-state index is 11.0. The number of esters is 1. The Morgan fingerprint density at radius 2 is 2.13 bits per heavy atom. The molecule has 0 aliphatic carbocycles. The Balaban J connectivity index is 1.85. The van der Waals surface area contributed by atoms with Crippen molar-refractivity contribution in [3.05, 3.63) is 42.5 Å². The molecule has 1 aliphatic heterocycles. The number of hydrogen-bond acceptors (Lipinski definition) is 3. The number of para-hydroxylation sites is 1. The molecule has 0 saturated carbocycles. The van der Waals surface area contributed by atoms with Gasteiger partial charge in [0.2, 0.25) is 0 Å². The van der Waals surface area contributed by atoms with Crippen LogP contribution in [-0.4, -0.2) is 18.7 Å². The minimum atomic E-state index is -0.309. The predicted octanol–water partition coefficient (Wildman–Crippen LogP) is 1.94. The Labute approximate surface area is 88.3 Å². The molecule has 0 spiro atoms. The molecule has 1 aliphatic rings. The maximum Gasteiger partial charge on any atom is 0.333 e. The SMILES string of the molecule is C=C1CC(COc2ccccc2)OC1=O. The van der Waals surface area contributed by atoms with Gasteiger partial charge >= 0.3 is 5.97 Å². The molecule has 1 heterocycles. The fraction of sp³-hybridized carbons (Fsp3) is 0.250. The van der Waals surface area contributed by atoms with E-state index in [1.54, 1.807) is 0 Å². The number of rotatable bonds is 3. The molecule has 1 unspecified atom stereocenters. The quantitative estimate of drug-likeness (QED) is 0.557. The third-order valence-electron chi connectivity index (χ3n) is 2.22. The number of hydrogen-bond donors (Lipinski definition) is 0. The fourth-order valence-electron chi connectivity index (χ4n) is 1.43. The van der Waals surface area contributed by atoms with Gasteiger partial charge in [0.05, 0.1) is 0 Å². The molecule has 1 aromatic carbocycles. The van der Waals surface area contributed by atoms with E-state index in [-0.39, 0.29) is 12.1 Å². The number of ether oxygens (including phenoxy) is 2. The van der Waals surface area contributed by atoms with Crippen molar-refractivity contribution >= 4 is 5.97 Å². The minimum absolute atomic E-state index is 0.190. The Bertz CT molecular complexity index is 354. The zero-order valence-electron chi connectivity index (χ0n) is 8.31. The normalized spacial score (nSPS) is 20.1. The molecule has 15 heavy (non-hydrogen) atoms. The first-order valence-corrected chi connectivity index (χ1v) is 4.82. The third kappa shape index (κ3) is 2.37. The van der Waals surface area contributed by atoms with E-state index in [9.17, 15) is 4.79 Å². The third-order valence-corrected chi connectivity index (χ3v) is 2.22. The molecule has 0 bridgehead atoms. The van der Waals surface area contributed by atoms with Gasteiger partial charge in [0, 0.05) is 12.0 Å². The van der Waals surface area contributed by atoms with Gasteiger partial charge in [-0.05, 0) is 12.1 Å². The van der Waals surface area contributed by atoms with Crippen molar-refractivity contribution in [1.82, 2.24) is 0 Å². The summed E-state index contributed by atoms with van der Waals surface area (Å²) in [6.45, 7) is 3.99. The topological polar surface area (TPSA) is 35.5 Å². The average Bonchev–Trinajstić information content (AvgIpc) is 2.57. The van der Waals surface area contributed by atoms with Crippen LogP contribution >= 0.6 is 0 Å². The van der Waals surface area contributed by atoms with Crippen LogP contribution in [0.4, 0.5) is 0 Å². The maximum atomic E-state index is 11.0. The fourth-order valence-corrected chi connectivity index (χ4v) is 1.43. The van der Waals surface area contributed by atoms with Crippen LogP contribution in [0.25, 0.3) is 0 Å². The molecule has 0 aromatic heterocycles. The Hall–Kier alpha value is -1.77. The highest BCUT2D eigenvalue weighted by atomic mass is 16.6. The van der Waals surface area contributed by atoms with E-state index in [1.807, 2.05) is 30.3 Å². The van der Waals surface area contributed by atoms with Gasteiger partial charge in [-0.2, -0.15) is 0 Å². The van der Waals surface area contributed by atoms with Crippen molar-refractivity contribution < 1.29 is 14.3 Å². The highest BCUT2D eigenvalue weighted by molar-refractivity contribution is 5.89. The first kappa shape index (κ1) is 9.77. The lowest BCUT2D eigenvalue weighted by Gasteiger charge is -2.10. The smallest absolute Gasteiger partial charge is 0.333 e. The average molecular weight is 204 g/mol. The summed E-state index contributed by atoms with van der Waals surface area (Å²) in [6.07, 6.45) is 0.372. The molecule has 1 aromatic rings. The van der Waals surface area contributed by atoms with Crippen LogP contribution in [-0.2, 0) is 9.53 Å². The van der Waals surface area contributed by atoms with Gasteiger partial charge in [0.25, 0.3) is 0 Å². The highest BCUT2D eigenvalue weighted by Crippen LogP contribution is 2.19. The van der Waals surface area contributed by atoms with Crippen LogP contribution in [0, 0.1) is 0 Å². The zero-order valence-corrected chi connectivity index (χ0v) is 8.31. The van der Waals surface area contributed by atoms with Crippen molar-refractivity contribution in [2.45, 2.75) is 12.5 Å². The van der Waals surface area contributed by atoms with Crippen molar-refractivity contribution in [1.29, 1.82) is 0 Å². The minimum Gasteiger partial charge on any atom is -0.490 e. The first-order valence-electron chi connectivity index (χ1n) is 4.82. The standard InChI is InChI=1S/C12H12O3/c1-9-7-11(15-12(9)13)8-14-10-5-3-2-4-6-10/h2-6,11H,1,7-8H2. The molecular weight excluding hydrogens is 192 g/mol. The lowest BCUT2D eigenvalue weighted by Crippen LogP contribution is -2.17. The zero-order chi connectivity index (χ0) is 10.7. The van der Waals surface area contributed by atoms with E-state index in [0.29, 0.717) is 18.6 Å². The van der Waals surface area contributed by atoms with E-state index >= 15 is 0 Å². The summed E-state index contributed by atoms with van der Waals surface area (Å²) in [6, 6.07) is 9.45. The Morgan fingerprint density at radius 3 is 2.73 bits per heavy atom. The van der Waals surface area contributed by atoms with Gasteiger partial charge in [-0.25, -0.2) is 4.79 Å². The largest absolute Gasteiger partial charge is 0.490 e. The summed E-state index contributed by atoms with van der Waals surface area (Å²) in [5.74, 6) is 0.475. The van der Waals surface area contributed by atoms with E-state index in [1.165, 1.54) is 0 Å². The molecule has 2 rings (SSSR count). The van der Waals surface area contributed by atoms with Crippen molar-refractivity contribution in [2.75, 3.05) is 6.61 Å². The lowest BCUT2D eigenvalue weighted by molar-refractivity contribution is -0.139. The second kappa shape index (κ2) is 4.17. The second-order valence-corrected chi connectivity index (χ2v) is 3.46. The van der Waals surface area contributed by atoms with E-state index < -0.39 is 0 Å². The first-order chi connectivity index (χ1) is 7.25. The van der Waals surface area contributed by atoms with Crippen molar-refractivity contribution in [3.8, 4) is 5.75 Å². The summed E-state index contributed by atoms with van der Waals surface area (Å²) < 4.78 is 10.5. The predicted molar refractivity (Wildman–Crippen MR) is 55.6 cm³/mol. The molecule has 3 heteroatoms. The van der Waals surface area contributed by atoms with Crippen LogP contribution in [0.3, 0.4) is 0 Å². The molecule has 0 amide bonds. The van der Waals surface area contributed by atoms with Crippen LogP contribution in [0.5, 0.6) is 5.75 Å². The molecule has 1 atom stereocenters. The van der Waals surface area contributed by atoms with Crippen LogP contribution < -0.4 is 4.74 Å². The van der Waals surface area contributed by atoms with Gasteiger partial charge in [-0.1, -0.05) is 24.8 Å². The second-order valence-electron chi connectivity index (χ2n) is 3.46. The number of benzene rings is 1. The summed E-state index contributed by atoms with van der Waals surface area (Å²) in [5, 5.41) is 0. The van der Waals surface area contributed by atoms with Gasteiger partial charge in [-0.15, -0.1) is 0 Å². The summed E-state index contributed by atoms with van der Waals surface area (Å²) in [7, 11) is 0. The van der Waals surface area contributed by atoms with Crippen LogP contribution in [0.2, 0.25) is 0 Å². The van der Waals surface area contributed by atoms with Crippen LogP contribution in [0.1, 0.15) is 6.42 Å². The van der Waals surface area contributed by atoms with E-state index in [4.69, 9.17) is 9.47 Å². The van der Waals surface area contributed by atoms with Crippen LogP contribution in [0.15, 0.2) is 42.5 Å². The van der Waals surface area contributed by atoms with Gasteiger partial charge in [0.1, 0.15) is 18.5 Å². The van der Waals surface area contributed by atoms with Crippen molar-refractivity contribution in [2.24, 2.45) is 0 Å². The lowest BCUT2D eigenvalue weighted by atomic mass is 10.2. The molecular formula is C12H12O3. The highest BCUT2D eigenvalue weighted by Gasteiger charge is 2.27.